The van der Waals surface area contributed by atoms with E-state index < -0.39 is 0 Å². The summed E-state index contributed by atoms with van der Waals surface area (Å²) < 4.78 is 5.44. The lowest BCUT2D eigenvalue weighted by molar-refractivity contribution is -0.123. The monoisotopic (exact) mass is 349 g/mol. The molecule has 2 aromatic rings. The van der Waals surface area contributed by atoms with Crippen LogP contribution >= 0.6 is 23.2 Å². The molecule has 0 radical (unpaired) electrons. The minimum absolute atomic E-state index is 0.0784. The molecule has 1 aliphatic carbocycles. The van der Waals surface area contributed by atoms with E-state index in [9.17, 15) is 4.79 Å². The van der Waals surface area contributed by atoms with E-state index >= 15 is 0 Å². The van der Waals surface area contributed by atoms with E-state index in [1.165, 1.54) is 5.56 Å². The van der Waals surface area contributed by atoms with Crippen LogP contribution in [-0.4, -0.2) is 19.1 Å². The van der Waals surface area contributed by atoms with E-state index in [4.69, 9.17) is 27.9 Å². The van der Waals surface area contributed by atoms with Gasteiger partial charge in [-0.2, -0.15) is 0 Å². The zero-order valence-electron chi connectivity index (χ0n) is 12.5. The Bertz CT molecular complexity index is 699. The molecule has 120 valence electrons. The van der Waals surface area contributed by atoms with Crippen LogP contribution in [0.25, 0.3) is 0 Å². The fourth-order valence-electron chi connectivity index (χ4n) is 2.57. The fraction of sp³-hybridized carbons (Fsp3) is 0.278. The van der Waals surface area contributed by atoms with Crippen LogP contribution < -0.4 is 10.1 Å². The Hall–Kier alpha value is -1.71. The van der Waals surface area contributed by atoms with Gasteiger partial charge in [-0.25, -0.2) is 0 Å². The van der Waals surface area contributed by atoms with E-state index in [0.717, 1.165) is 12.8 Å². The van der Waals surface area contributed by atoms with Crippen molar-refractivity contribution in [3.8, 4) is 5.75 Å². The van der Waals surface area contributed by atoms with Gasteiger partial charge in [-0.05, 0) is 30.5 Å². The quantitative estimate of drug-likeness (QED) is 0.847. The third kappa shape index (κ3) is 3.80. The summed E-state index contributed by atoms with van der Waals surface area (Å²) in [4.78, 5) is 12.0. The Kier molecular flexibility index (Phi) is 4.79. The van der Waals surface area contributed by atoms with Crippen LogP contribution in [0.1, 0.15) is 18.4 Å². The highest BCUT2D eigenvalue weighted by molar-refractivity contribution is 6.42. The van der Waals surface area contributed by atoms with Gasteiger partial charge in [-0.1, -0.05) is 59.6 Å². The summed E-state index contributed by atoms with van der Waals surface area (Å²) in [6.45, 7) is 0.549. The molecule has 0 spiro atoms. The minimum Gasteiger partial charge on any atom is -0.482 e. The molecule has 2 aromatic carbocycles. The predicted octanol–water partition coefficient (Wildman–Crippen LogP) is 4.22. The van der Waals surface area contributed by atoms with Gasteiger partial charge in [-0.15, -0.1) is 0 Å². The van der Waals surface area contributed by atoms with Crippen molar-refractivity contribution in [3.63, 3.8) is 0 Å². The largest absolute Gasteiger partial charge is 0.482 e. The second-order valence-corrected chi connectivity index (χ2v) is 6.55. The Morgan fingerprint density at radius 2 is 1.83 bits per heavy atom. The number of ether oxygens (including phenoxy) is 1. The van der Waals surface area contributed by atoms with Crippen molar-refractivity contribution in [2.45, 2.75) is 18.3 Å². The SMILES string of the molecule is O=C(COc1cccc(Cl)c1Cl)NCC1(c2ccccc2)CC1. The average molecular weight is 350 g/mol. The predicted molar refractivity (Wildman–Crippen MR) is 92.3 cm³/mol. The van der Waals surface area contributed by atoms with E-state index in [1.54, 1.807) is 18.2 Å². The Balaban J connectivity index is 1.52. The highest BCUT2D eigenvalue weighted by atomic mass is 35.5. The van der Waals surface area contributed by atoms with Crippen molar-refractivity contribution in [1.29, 1.82) is 0 Å². The van der Waals surface area contributed by atoms with Crippen molar-refractivity contribution in [2.75, 3.05) is 13.2 Å². The van der Waals surface area contributed by atoms with Crippen LogP contribution in [-0.2, 0) is 10.2 Å². The van der Waals surface area contributed by atoms with E-state index in [1.807, 2.05) is 18.2 Å². The summed E-state index contributed by atoms with van der Waals surface area (Å²) in [5.41, 5.74) is 1.36. The molecular weight excluding hydrogens is 333 g/mol. The second kappa shape index (κ2) is 6.81. The van der Waals surface area contributed by atoms with Crippen molar-refractivity contribution >= 4 is 29.1 Å². The molecule has 1 aliphatic rings. The zero-order chi connectivity index (χ0) is 16.3. The van der Waals surface area contributed by atoms with Crippen LogP contribution in [0.15, 0.2) is 48.5 Å². The molecule has 0 bridgehead atoms. The molecular formula is C18H17Cl2NO2. The molecule has 0 aliphatic heterocycles. The fourth-order valence-corrected chi connectivity index (χ4v) is 2.91. The number of benzene rings is 2. The summed E-state index contributed by atoms with van der Waals surface area (Å²) >= 11 is 11.9. The van der Waals surface area contributed by atoms with Crippen LogP contribution in [0, 0.1) is 0 Å². The first-order valence-electron chi connectivity index (χ1n) is 7.50. The van der Waals surface area contributed by atoms with Crippen LogP contribution in [0.4, 0.5) is 0 Å². The zero-order valence-corrected chi connectivity index (χ0v) is 14.0. The summed E-state index contributed by atoms with van der Waals surface area (Å²) in [6, 6.07) is 15.4. The molecule has 23 heavy (non-hydrogen) atoms. The topological polar surface area (TPSA) is 38.3 Å². The van der Waals surface area contributed by atoms with Gasteiger partial charge in [0.15, 0.2) is 6.61 Å². The molecule has 0 saturated heterocycles. The molecule has 1 fully saturated rings. The van der Waals surface area contributed by atoms with Gasteiger partial charge < -0.3 is 10.1 Å². The van der Waals surface area contributed by atoms with Crippen LogP contribution in [0.5, 0.6) is 5.75 Å². The Morgan fingerprint density at radius 3 is 2.52 bits per heavy atom. The van der Waals surface area contributed by atoms with E-state index in [2.05, 4.69) is 17.4 Å². The van der Waals surface area contributed by atoms with Gasteiger partial charge in [-0.3, -0.25) is 4.79 Å². The first kappa shape index (κ1) is 16.2. The van der Waals surface area contributed by atoms with E-state index in [-0.39, 0.29) is 17.9 Å². The molecule has 1 saturated carbocycles. The third-order valence-corrected chi connectivity index (χ3v) is 4.94. The molecule has 3 rings (SSSR count). The first-order valence-corrected chi connectivity index (χ1v) is 8.25. The molecule has 0 heterocycles. The van der Waals surface area contributed by atoms with Crippen LogP contribution in [0.3, 0.4) is 0 Å². The maximum Gasteiger partial charge on any atom is 0.257 e. The average Bonchev–Trinajstić information content (AvgIpc) is 3.36. The van der Waals surface area contributed by atoms with Crippen molar-refractivity contribution in [3.05, 3.63) is 64.1 Å². The number of amides is 1. The van der Waals surface area contributed by atoms with Crippen molar-refractivity contribution < 1.29 is 9.53 Å². The lowest BCUT2D eigenvalue weighted by Crippen LogP contribution is -2.35. The molecule has 1 N–H and O–H groups in total. The summed E-state index contributed by atoms with van der Waals surface area (Å²) in [5.74, 6) is 0.252. The number of halogens is 2. The number of rotatable bonds is 6. The first-order chi connectivity index (χ1) is 11.1. The van der Waals surface area contributed by atoms with Gasteiger partial charge in [0.25, 0.3) is 5.91 Å². The lowest BCUT2D eigenvalue weighted by atomic mass is 9.96. The number of hydrogen-bond donors (Lipinski definition) is 1. The standard InChI is InChI=1S/C18H17Cl2NO2/c19-14-7-4-8-15(17(14)20)23-11-16(22)21-12-18(9-10-18)13-5-2-1-3-6-13/h1-8H,9-12H2,(H,21,22). The van der Waals surface area contributed by atoms with Gasteiger partial charge >= 0.3 is 0 Å². The molecule has 3 nitrogen and oxygen atoms in total. The van der Waals surface area contributed by atoms with Gasteiger partial charge in [0.1, 0.15) is 10.8 Å². The summed E-state index contributed by atoms with van der Waals surface area (Å²) in [6.07, 6.45) is 2.19. The minimum atomic E-state index is -0.164. The van der Waals surface area contributed by atoms with Crippen molar-refractivity contribution in [2.24, 2.45) is 0 Å². The summed E-state index contributed by atoms with van der Waals surface area (Å²) in [7, 11) is 0. The van der Waals surface area contributed by atoms with E-state index in [0.29, 0.717) is 22.3 Å². The van der Waals surface area contributed by atoms with Gasteiger partial charge in [0.05, 0.1) is 5.02 Å². The van der Waals surface area contributed by atoms with Crippen molar-refractivity contribution in [1.82, 2.24) is 5.32 Å². The van der Waals surface area contributed by atoms with Crippen LogP contribution in [0.2, 0.25) is 10.0 Å². The molecule has 1 amide bonds. The van der Waals surface area contributed by atoms with Gasteiger partial charge in [0, 0.05) is 12.0 Å². The number of hydrogen-bond acceptors (Lipinski definition) is 2. The Morgan fingerprint density at radius 1 is 1.09 bits per heavy atom. The normalized spacial score (nSPS) is 15.0. The maximum absolute atomic E-state index is 12.0. The lowest BCUT2D eigenvalue weighted by Gasteiger charge is -2.17. The highest BCUT2D eigenvalue weighted by Crippen LogP contribution is 2.47. The number of carbonyl (C=O) groups excluding carboxylic acids is 1. The van der Waals surface area contributed by atoms with Gasteiger partial charge in [0.2, 0.25) is 0 Å². The highest BCUT2D eigenvalue weighted by Gasteiger charge is 2.44. The Labute approximate surface area is 145 Å². The second-order valence-electron chi connectivity index (χ2n) is 5.76. The molecule has 5 heteroatoms. The molecule has 0 atom stereocenters. The summed E-state index contributed by atoms with van der Waals surface area (Å²) in [5, 5.41) is 3.68. The molecule has 0 unspecified atom stereocenters. The maximum atomic E-state index is 12.0. The number of carbonyl (C=O) groups is 1. The number of nitrogens with one attached hydrogen (secondary N) is 1. The molecule has 0 aromatic heterocycles. The third-order valence-electron chi connectivity index (χ3n) is 4.14. The smallest absolute Gasteiger partial charge is 0.257 e.